The molecule has 5 nitrogen and oxygen atoms in total. The van der Waals surface area contributed by atoms with Crippen LogP contribution >= 0.6 is 0 Å². The minimum atomic E-state index is -2.73. The summed E-state index contributed by atoms with van der Waals surface area (Å²) in [5.74, 6) is 0. The van der Waals surface area contributed by atoms with Crippen LogP contribution in [0.25, 0.3) is 0 Å². The average molecular weight is 490 g/mol. The molecule has 0 unspecified atom stereocenters. The first-order valence-electron chi connectivity index (χ1n) is 12.2. The number of hydrogen-bond donors (Lipinski definition) is 1. The lowest BCUT2D eigenvalue weighted by Crippen LogP contribution is -2.67. The Hall–Kier alpha value is -2.93. The van der Waals surface area contributed by atoms with E-state index in [9.17, 15) is 9.90 Å². The van der Waals surface area contributed by atoms with E-state index in [1.807, 2.05) is 42.5 Å². The van der Waals surface area contributed by atoms with Gasteiger partial charge in [0, 0.05) is 0 Å². The Balaban J connectivity index is 1.58. The number of nitrogens with zero attached hydrogens (tertiary/aromatic N) is 1. The fourth-order valence-corrected chi connectivity index (χ4v) is 9.66. The van der Waals surface area contributed by atoms with Gasteiger partial charge in [0.25, 0.3) is 8.32 Å². The summed E-state index contributed by atoms with van der Waals surface area (Å²) in [4.78, 5) is 14.6. The number of β-amino-alcohol motifs (C(OH)–C–C–N with tert-alkyl or cyclic N) is 1. The molecular weight excluding hydrogens is 454 g/mol. The fraction of sp³-hybridized carbons (Fsp3) is 0.345. The molecule has 0 aliphatic carbocycles. The monoisotopic (exact) mass is 489 g/mol. The Labute approximate surface area is 209 Å². The average Bonchev–Trinajstić information content (AvgIpc) is 3.24. The van der Waals surface area contributed by atoms with Gasteiger partial charge >= 0.3 is 6.09 Å². The zero-order valence-corrected chi connectivity index (χ0v) is 21.8. The van der Waals surface area contributed by atoms with E-state index >= 15 is 0 Å². The van der Waals surface area contributed by atoms with Crippen molar-refractivity contribution < 1.29 is 19.1 Å². The largest absolute Gasteiger partial charge is 0.445 e. The molecule has 1 saturated heterocycles. The second-order valence-corrected chi connectivity index (χ2v) is 14.5. The summed E-state index contributed by atoms with van der Waals surface area (Å²) >= 11 is 0. The van der Waals surface area contributed by atoms with Gasteiger partial charge in [-0.1, -0.05) is 112 Å². The first kappa shape index (κ1) is 25.2. The number of ether oxygens (including phenoxy) is 1. The van der Waals surface area contributed by atoms with Crippen molar-refractivity contribution in [3.8, 4) is 0 Å². The van der Waals surface area contributed by atoms with Crippen LogP contribution in [0.3, 0.4) is 0 Å². The lowest BCUT2D eigenvalue weighted by molar-refractivity contribution is 0.0787. The van der Waals surface area contributed by atoms with Crippen molar-refractivity contribution >= 4 is 24.8 Å². The predicted molar refractivity (Wildman–Crippen MR) is 141 cm³/mol. The van der Waals surface area contributed by atoms with Crippen LogP contribution < -0.4 is 10.4 Å². The number of rotatable bonds is 7. The molecule has 35 heavy (non-hydrogen) atoms. The van der Waals surface area contributed by atoms with Crippen LogP contribution in [0.2, 0.25) is 5.04 Å². The highest BCUT2D eigenvalue weighted by molar-refractivity contribution is 6.99. The van der Waals surface area contributed by atoms with Crippen molar-refractivity contribution in [1.82, 2.24) is 4.90 Å². The standard InChI is InChI=1S/C29H35NO4Si/c1-29(2,3)35(26-15-9-5-10-16-26,27-17-11-6-12-18-27)34-22-24-19-25(31)20-30(24)28(32)33-21-23-13-7-4-8-14-23/h4-18,24-25,31H,19-22H2,1-3H3/t24-,25+/m0/s1. The van der Waals surface area contributed by atoms with E-state index in [-0.39, 0.29) is 24.2 Å². The van der Waals surface area contributed by atoms with E-state index in [1.54, 1.807) is 4.90 Å². The number of amides is 1. The quantitative estimate of drug-likeness (QED) is 0.502. The molecule has 6 heteroatoms. The summed E-state index contributed by atoms with van der Waals surface area (Å²) in [6.45, 7) is 7.49. The molecule has 2 atom stereocenters. The number of carbonyl (C=O) groups excluding carboxylic acids is 1. The first-order valence-corrected chi connectivity index (χ1v) is 14.1. The van der Waals surface area contributed by atoms with Crippen LogP contribution in [0.1, 0.15) is 32.8 Å². The fourth-order valence-electron chi connectivity index (χ4n) is 5.06. The van der Waals surface area contributed by atoms with E-state index in [0.717, 1.165) is 5.56 Å². The Bertz CT molecular complexity index is 1050. The highest BCUT2D eigenvalue weighted by Crippen LogP contribution is 2.37. The predicted octanol–water partition coefficient (Wildman–Crippen LogP) is 4.34. The summed E-state index contributed by atoms with van der Waals surface area (Å²) < 4.78 is 12.6. The van der Waals surface area contributed by atoms with Gasteiger partial charge in [0.05, 0.1) is 25.3 Å². The number of likely N-dealkylation sites (tertiary alicyclic amines) is 1. The molecule has 4 rings (SSSR count). The number of carbonyl (C=O) groups is 1. The van der Waals surface area contributed by atoms with Crippen LogP contribution in [0.4, 0.5) is 4.79 Å². The minimum Gasteiger partial charge on any atom is -0.445 e. The molecule has 0 saturated carbocycles. The SMILES string of the molecule is CC(C)(C)[Si](OC[C@@H]1C[C@@H](O)CN1C(=O)OCc1ccccc1)(c1ccccc1)c1ccccc1. The summed E-state index contributed by atoms with van der Waals surface area (Å²) in [5, 5.41) is 12.7. The zero-order chi connectivity index (χ0) is 24.9. The van der Waals surface area contributed by atoms with Gasteiger partial charge in [-0.15, -0.1) is 0 Å². The van der Waals surface area contributed by atoms with Crippen molar-refractivity contribution in [2.24, 2.45) is 0 Å². The van der Waals surface area contributed by atoms with Crippen LogP contribution in [0.5, 0.6) is 0 Å². The van der Waals surface area contributed by atoms with Gasteiger partial charge < -0.3 is 19.2 Å². The summed E-state index contributed by atoms with van der Waals surface area (Å²) in [5.41, 5.74) is 0.931. The molecule has 0 bridgehead atoms. The van der Waals surface area contributed by atoms with Crippen molar-refractivity contribution in [2.45, 2.75) is 51.0 Å². The van der Waals surface area contributed by atoms with Crippen molar-refractivity contribution in [1.29, 1.82) is 0 Å². The maximum Gasteiger partial charge on any atom is 0.410 e. The lowest BCUT2D eigenvalue weighted by Gasteiger charge is -2.44. The Morgan fingerprint density at radius 3 is 1.94 bits per heavy atom. The summed E-state index contributed by atoms with van der Waals surface area (Å²) in [6.07, 6.45) is -0.535. The second kappa shape index (κ2) is 10.8. The molecular formula is C29H35NO4Si. The molecule has 0 spiro atoms. The van der Waals surface area contributed by atoms with Crippen LogP contribution in [0, 0.1) is 0 Å². The van der Waals surface area contributed by atoms with Gasteiger partial charge in [0.2, 0.25) is 0 Å². The summed E-state index contributed by atoms with van der Waals surface area (Å²) in [6, 6.07) is 30.3. The maximum atomic E-state index is 13.0. The Kier molecular flexibility index (Phi) is 7.74. The van der Waals surface area contributed by atoms with Crippen LogP contribution in [0.15, 0.2) is 91.0 Å². The van der Waals surface area contributed by atoms with Gasteiger partial charge in [-0.3, -0.25) is 0 Å². The molecule has 0 aromatic heterocycles. The Morgan fingerprint density at radius 2 is 1.43 bits per heavy atom. The van der Waals surface area contributed by atoms with E-state index in [2.05, 4.69) is 69.3 Å². The van der Waals surface area contributed by atoms with E-state index in [1.165, 1.54) is 10.4 Å². The topological polar surface area (TPSA) is 59.0 Å². The molecule has 184 valence electrons. The summed E-state index contributed by atoms with van der Waals surface area (Å²) in [7, 11) is -2.73. The molecule has 0 radical (unpaired) electrons. The van der Waals surface area contributed by atoms with Crippen LogP contribution in [-0.2, 0) is 15.8 Å². The molecule has 1 N–H and O–H groups in total. The minimum absolute atomic E-state index is 0.161. The van der Waals surface area contributed by atoms with Gasteiger partial charge in [-0.05, 0) is 27.4 Å². The second-order valence-electron chi connectivity index (χ2n) is 10.2. The molecule has 1 fully saturated rings. The van der Waals surface area contributed by atoms with Gasteiger partial charge in [-0.25, -0.2) is 4.79 Å². The molecule has 3 aromatic carbocycles. The normalized spacial score (nSPS) is 18.5. The van der Waals surface area contributed by atoms with E-state index in [0.29, 0.717) is 13.0 Å². The van der Waals surface area contributed by atoms with Gasteiger partial charge in [0.15, 0.2) is 0 Å². The van der Waals surface area contributed by atoms with Crippen LogP contribution in [-0.4, -0.2) is 49.7 Å². The highest BCUT2D eigenvalue weighted by atomic mass is 28.4. The number of hydrogen-bond acceptors (Lipinski definition) is 4. The van der Waals surface area contributed by atoms with Gasteiger partial charge in [-0.2, -0.15) is 0 Å². The van der Waals surface area contributed by atoms with Crippen molar-refractivity contribution in [2.75, 3.05) is 13.2 Å². The molecule has 1 amide bonds. The van der Waals surface area contributed by atoms with E-state index < -0.39 is 20.5 Å². The number of benzene rings is 3. The molecule has 1 heterocycles. The van der Waals surface area contributed by atoms with E-state index in [4.69, 9.17) is 9.16 Å². The lowest BCUT2D eigenvalue weighted by atomic mass is 10.2. The Morgan fingerprint density at radius 1 is 0.914 bits per heavy atom. The molecule has 3 aromatic rings. The van der Waals surface area contributed by atoms with Crippen molar-refractivity contribution in [3.63, 3.8) is 0 Å². The smallest absolute Gasteiger partial charge is 0.410 e. The maximum absolute atomic E-state index is 13.0. The molecule has 1 aliphatic rings. The van der Waals surface area contributed by atoms with Gasteiger partial charge in [0.1, 0.15) is 6.61 Å². The third-order valence-corrected chi connectivity index (χ3v) is 11.7. The highest BCUT2D eigenvalue weighted by Gasteiger charge is 2.51. The number of aliphatic hydroxyl groups excluding tert-OH is 1. The third kappa shape index (κ3) is 5.50. The zero-order valence-electron chi connectivity index (χ0n) is 20.8. The first-order chi connectivity index (χ1) is 16.8. The number of aliphatic hydroxyl groups is 1. The molecule has 1 aliphatic heterocycles. The van der Waals surface area contributed by atoms with Crippen molar-refractivity contribution in [3.05, 3.63) is 96.6 Å². The third-order valence-electron chi connectivity index (χ3n) is 6.74.